The smallest absolute Gasteiger partial charge is 0.188 e. The van der Waals surface area contributed by atoms with Gasteiger partial charge < -0.3 is 91.8 Å². The average Bonchev–Trinajstić information content (AvgIpc) is 4.24. The van der Waals surface area contributed by atoms with Gasteiger partial charge in [-0.3, -0.25) is 9.80 Å². The fraction of sp³-hybridized carbons (Fsp3) is 1.00. The summed E-state index contributed by atoms with van der Waals surface area (Å²) in [6, 6.07) is -6.57. The van der Waals surface area contributed by atoms with Crippen molar-refractivity contribution in [1.29, 1.82) is 0 Å². The maximum absolute atomic E-state index is 12.7. The number of nitrogens with zero attached hydrogens (tertiary/aromatic N) is 14. The van der Waals surface area contributed by atoms with Crippen LogP contribution in [0.3, 0.4) is 0 Å². The van der Waals surface area contributed by atoms with Crippen molar-refractivity contribution in [3.05, 3.63) is 41.8 Å². The number of azide groups is 4. The summed E-state index contributed by atoms with van der Waals surface area (Å²) in [6.45, 7) is 15.0. The molecule has 25 atom stereocenters. The molecule has 10 aliphatic rings. The van der Waals surface area contributed by atoms with E-state index in [0.717, 1.165) is 0 Å². The minimum Gasteiger partial charge on any atom is -0.389 e. The van der Waals surface area contributed by atoms with Crippen LogP contribution in [-0.4, -0.2) is 243 Å². The van der Waals surface area contributed by atoms with Gasteiger partial charge in [0.05, 0.1) is 79.1 Å². The predicted molar refractivity (Wildman–Crippen MR) is 256 cm³/mol. The highest BCUT2D eigenvalue weighted by molar-refractivity contribution is 5.11. The summed E-state index contributed by atoms with van der Waals surface area (Å²) in [5.41, 5.74) is 38.9. The summed E-state index contributed by atoms with van der Waals surface area (Å²) >= 11 is 0. The Morgan fingerprint density at radius 3 is 0.923 bits per heavy atom. The molecule has 9 saturated heterocycles. The Balaban J connectivity index is 1.01. The van der Waals surface area contributed by atoms with Gasteiger partial charge in [0.1, 0.15) is 36.6 Å². The fourth-order valence-corrected chi connectivity index (χ4v) is 13.0. The van der Waals surface area contributed by atoms with Crippen molar-refractivity contribution in [3.8, 4) is 0 Å². The Bertz CT molecular complexity index is 2290. The van der Waals surface area contributed by atoms with E-state index >= 15 is 0 Å². The van der Waals surface area contributed by atoms with Gasteiger partial charge in [-0.05, 0) is 97.8 Å². The lowest BCUT2D eigenvalue weighted by Crippen LogP contribution is -2.67. The Labute approximate surface area is 446 Å². The third-order valence-electron chi connectivity index (χ3n) is 15.8. The molecule has 33 nitrogen and oxygen atoms in total. The van der Waals surface area contributed by atoms with Crippen molar-refractivity contribution in [1.82, 2.24) is 9.80 Å². The van der Waals surface area contributed by atoms with E-state index in [0.29, 0.717) is 0 Å². The van der Waals surface area contributed by atoms with Crippen molar-refractivity contribution in [3.63, 3.8) is 0 Å². The summed E-state index contributed by atoms with van der Waals surface area (Å²) in [5.74, 6) is -5.81. The first-order valence-corrected chi connectivity index (χ1v) is 26.1. The van der Waals surface area contributed by atoms with Crippen LogP contribution in [0.1, 0.15) is 75.7 Å². The molecule has 10 rings (SSSR count). The summed E-state index contributed by atoms with van der Waals surface area (Å²) in [7, 11) is 0. The summed E-state index contributed by atoms with van der Waals surface area (Å²) in [6.07, 6.45) is -22.9. The lowest BCUT2D eigenvalue weighted by Gasteiger charge is -2.50. The Hall–Kier alpha value is -3.60. The van der Waals surface area contributed by atoms with Crippen molar-refractivity contribution < 1.29 is 91.8 Å². The maximum Gasteiger partial charge on any atom is 0.188 e. The van der Waals surface area contributed by atoms with Gasteiger partial charge in [0.2, 0.25) is 0 Å². The Morgan fingerprint density at radius 1 is 0.397 bits per heavy atom. The van der Waals surface area contributed by atoms with E-state index in [1.54, 1.807) is 79.0 Å². The molecular formula is C45H70N14O19. The van der Waals surface area contributed by atoms with Gasteiger partial charge in [-0.15, -0.1) is 0 Å². The van der Waals surface area contributed by atoms with Crippen LogP contribution in [0, 0.1) is 0 Å². The largest absolute Gasteiger partial charge is 0.389 e. The van der Waals surface area contributed by atoms with Crippen LogP contribution in [0.15, 0.2) is 20.5 Å². The molecule has 0 amide bonds. The molecule has 0 aromatic carbocycles. The molecule has 1 aliphatic carbocycles. The second-order valence-electron chi connectivity index (χ2n) is 23.7. The summed E-state index contributed by atoms with van der Waals surface area (Å²) in [4.78, 5) is 15.3. The van der Waals surface area contributed by atoms with Crippen molar-refractivity contribution in [2.45, 2.75) is 258 Å². The van der Waals surface area contributed by atoms with Crippen molar-refractivity contribution >= 4 is 0 Å². The van der Waals surface area contributed by atoms with E-state index in [9.17, 15) is 47.7 Å². The zero-order valence-corrected chi connectivity index (χ0v) is 44.7. The van der Waals surface area contributed by atoms with Crippen LogP contribution in [-0.2, 0) is 66.3 Å². The number of rotatable bonds is 18. The first kappa shape index (κ1) is 57.6. The molecule has 9 heterocycles. The van der Waals surface area contributed by atoms with Crippen molar-refractivity contribution in [2.75, 3.05) is 26.2 Å². The molecule has 0 aromatic heterocycles. The second kappa shape index (κ2) is 21.3. The summed E-state index contributed by atoms with van der Waals surface area (Å²) < 4.78 is 86.0. The number of aliphatic hydroxyl groups excluding tert-OH is 5. The van der Waals surface area contributed by atoms with E-state index < -0.39 is 195 Å². The van der Waals surface area contributed by atoms with Crippen LogP contribution in [0.4, 0.5) is 0 Å². The molecule has 78 heavy (non-hydrogen) atoms. The lowest BCUT2D eigenvalue weighted by atomic mass is 9.81. The van der Waals surface area contributed by atoms with Gasteiger partial charge in [-0.1, -0.05) is 20.5 Å². The molecule has 434 valence electrons. The Morgan fingerprint density at radius 2 is 0.641 bits per heavy atom. The van der Waals surface area contributed by atoms with Gasteiger partial charge in [0.15, 0.2) is 54.1 Å². The SMILES string of the molecule is CC1(C)O[C@H]2O[C@H](C(O)CN(CC(O)[C@H]3O[C@@H]4OC(C)(C)O[C@@H]4[C@H]3N=[N+]=[N-])[C@@H]3C[C@H](N(CC(O)[C@H]4O[C@@H]5OC(C)(C)O[C@@H]5[C@H]4N=[N+]=[N-])CC(O)[C@H]4O[C@@H]5OC(C)(C)O[C@@H]5[C@H]4N=[N+]=[N-])[C@H]4OC(C)(C)O[C@@H]4[C@H]3O)[C@H](N=[N+]=[N-])[C@H]2O1. The highest BCUT2D eigenvalue weighted by Crippen LogP contribution is 2.47. The first-order chi connectivity index (χ1) is 36.6. The Kier molecular flexibility index (Phi) is 15.7. The minimum atomic E-state index is -1.56. The van der Waals surface area contributed by atoms with Crippen LogP contribution >= 0.6 is 0 Å². The highest BCUT2D eigenvalue weighted by atomic mass is 16.9. The third kappa shape index (κ3) is 11.1. The van der Waals surface area contributed by atoms with E-state index in [1.165, 1.54) is 0 Å². The van der Waals surface area contributed by atoms with E-state index in [1.807, 2.05) is 0 Å². The topological polar surface area (TPSA) is 432 Å². The van der Waals surface area contributed by atoms with E-state index in [4.69, 9.17) is 66.3 Å². The molecule has 0 spiro atoms. The zero-order valence-electron chi connectivity index (χ0n) is 44.7. The zero-order chi connectivity index (χ0) is 56.2. The van der Waals surface area contributed by atoms with Crippen LogP contribution in [0.2, 0.25) is 0 Å². The normalized spacial score (nSPS) is 45.2. The molecule has 0 bridgehead atoms. The predicted octanol–water partition coefficient (Wildman–Crippen LogP) is 1.28. The molecule has 0 aromatic rings. The molecule has 9 aliphatic heterocycles. The fourth-order valence-electron chi connectivity index (χ4n) is 13.0. The van der Waals surface area contributed by atoms with Gasteiger partial charge in [-0.2, -0.15) is 0 Å². The quantitative estimate of drug-likeness (QED) is 0.0733. The van der Waals surface area contributed by atoms with Gasteiger partial charge >= 0.3 is 0 Å². The lowest BCUT2D eigenvalue weighted by molar-refractivity contribution is -0.221. The molecule has 5 N–H and O–H groups in total. The third-order valence-corrected chi connectivity index (χ3v) is 15.8. The summed E-state index contributed by atoms with van der Waals surface area (Å²) in [5, 5.41) is 78.1. The van der Waals surface area contributed by atoms with Crippen LogP contribution < -0.4 is 0 Å². The van der Waals surface area contributed by atoms with E-state index in [2.05, 4.69) is 40.1 Å². The van der Waals surface area contributed by atoms with Crippen molar-refractivity contribution in [2.24, 2.45) is 20.5 Å². The number of aliphatic hydroxyl groups is 5. The van der Waals surface area contributed by atoms with Crippen LogP contribution in [0.25, 0.3) is 41.8 Å². The average molecular weight is 1110 g/mol. The monoisotopic (exact) mass is 1110 g/mol. The van der Waals surface area contributed by atoms with Gasteiger partial charge in [0.25, 0.3) is 0 Å². The minimum absolute atomic E-state index is 0.136. The van der Waals surface area contributed by atoms with Gasteiger partial charge in [0, 0.05) is 57.9 Å². The second-order valence-corrected chi connectivity index (χ2v) is 23.7. The highest BCUT2D eigenvalue weighted by Gasteiger charge is 2.63. The molecule has 33 heteroatoms. The van der Waals surface area contributed by atoms with E-state index in [-0.39, 0.29) is 19.5 Å². The number of ether oxygens (including phenoxy) is 14. The maximum atomic E-state index is 12.7. The van der Waals surface area contributed by atoms with Gasteiger partial charge in [-0.25, -0.2) is 0 Å². The van der Waals surface area contributed by atoms with Crippen LogP contribution in [0.5, 0.6) is 0 Å². The first-order valence-electron chi connectivity index (χ1n) is 26.1. The molecule has 0 radical (unpaired) electrons. The molecule has 1 saturated carbocycles. The molecule has 4 unspecified atom stereocenters. The molecular weight excluding hydrogens is 1040 g/mol. The number of hydrogen-bond donors (Lipinski definition) is 5. The number of hydrogen-bond acceptors (Lipinski definition) is 25. The number of fused-ring (bicyclic) bond motifs is 5. The standard InChI is InChI=1S/C45H70N14O19/c1-41(2)69-27-17(59(14-20(62)30-24(52-56-48)34-39(67-30)77-44(7,8)72-34)15-21(63)31-25(53-57-49)35-40(68-31)78-45(9,10)73-35)11-16(26(64)36(27)74-41)58(12-18(60)28-22(50-54-46)32-37(65-28)75-42(3,4)70-32)13-19(61)29-23(51-55-47)33-38(66-29)76-43(5,6)71-33/h16-40,60-64H,11-15H2,1-10H3/t16-,17+,18?,19?,20?,21?,22+,23+,24+,25+,26+,27-,28-,29-,30-,31-,32-,33-,34-,35-,36-,37-,38-,39-,40-/m1/s1. The molecule has 10 fully saturated rings.